The molecule has 0 radical (unpaired) electrons. The van der Waals surface area contributed by atoms with Crippen molar-refractivity contribution >= 4 is 22.7 Å². The Bertz CT molecular complexity index is 739. The summed E-state index contributed by atoms with van der Waals surface area (Å²) in [5, 5.41) is 6.65. The Kier molecular flexibility index (Phi) is 5.88. The van der Waals surface area contributed by atoms with Crippen LogP contribution >= 0.6 is 0 Å². The molecule has 0 bridgehead atoms. The fourth-order valence-corrected chi connectivity index (χ4v) is 3.64. The molecule has 1 aliphatic rings. The Morgan fingerprint density at radius 3 is 3.08 bits per heavy atom. The van der Waals surface area contributed by atoms with Crippen molar-refractivity contribution in [2.45, 2.75) is 32.2 Å². The second-order valence-electron chi connectivity index (χ2n) is 6.98. The molecule has 7 nitrogen and oxygen atoms in total. The number of H-pyrrole nitrogens is 1. The molecule has 1 fully saturated rings. The van der Waals surface area contributed by atoms with Crippen molar-refractivity contribution in [3.05, 3.63) is 30.2 Å². The second kappa shape index (κ2) is 8.31. The van der Waals surface area contributed by atoms with Crippen LogP contribution < -0.4 is 10.6 Å². The number of likely N-dealkylation sites (tertiary alicyclic amines) is 1. The average molecular weight is 357 g/mol. The maximum absolute atomic E-state index is 12.3. The number of likely N-dealkylation sites (N-methyl/N-ethyl adjacent to an activating group) is 1. The van der Waals surface area contributed by atoms with E-state index in [4.69, 9.17) is 0 Å². The molecule has 1 aliphatic heterocycles. The molecule has 0 aromatic carbocycles. The van der Waals surface area contributed by atoms with E-state index in [0.717, 1.165) is 43.3 Å². The number of hydrogen-bond acceptors (Lipinski definition) is 4. The predicted octanol–water partition coefficient (Wildman–Crippen LogP) is 1.53. The van der Waals surface area contributed by atoms with Crippen LogP contribution in [0.4, 0.5) is 0 Å². The third kappa shape index (κ3) is 4.22. The Hall–Kier alpha value is -2.41. The van der Waals surface area contributed by atoms with E-state index in [1.807, 2.05) is 19.1 Å². The minimum atomic E-state index is -0.0997. The first kappa shape index (κ1) is 18.4. The molecule has 3 N–H and O–H groups in total. The molecule has 2 aromatic heterocycles. The van der Waals surface area contributed by atoms with Crippen molar-refractivity contribution in [1.82, 2.24) is 25.5 Å². The van der Waals surface area contributed by atoms with E-state index in [1.165, 1.54) is 0 Å². The zero-order valence-corrected chi connectivity index (χ0v) is 15.4. The van der Waals surface area contributed by atoms with Gasteiger partial charge in [0.25, 0.3) is 5.91 Å². The molecule has 140 valence electrons. The summed E-state index contributed by atoms with van der Waals surface area (Å²) in [6, 6.07) is 3.58. The summed E-state index contributed by atoms with van der Waals surface area (Å²) in [4.78, 5) is 33.6. The maximum atomic E-state index is 12.3. The largest absolute Gasteiger partial charge is 0.358 e. The number of aromatic amines is 1. The SMILES string of the molecule is CNC(=O)C(C)N1CCCC(CCNC(=O)c2cc3cnccc3[nH]2)C1. The zero-order chi connectivity index (χ0) is 18.5. The van der Waals surface area contributed by atoms with Crippen molar-refractivity contribution < 1.29 is 9.59 Å². The van der Waals surface area contributed by atoms with E-state index < -0.39 is 0 Å². The third-order valence-electron chi connectivity index (χ3n) is 5.23. The van der Waals surface area contributed by atoms with E-state index in [1.54, 1.807) is 19.4 Å². The summed E-state index contributed by atoms with van der Waals surface area (Å²) >= 11 is 0. The summed E-state index contributed by atoms with van der Waals surface area (Å²) in [6.07, 6.45) is 6.60. The van der Waals surface area contributed by atoms with Gasteiger partial charge in [-0.25, -0.2) is 0 Å². The Morgan fingerprint density at radius 1 is 1.46 bits per heavy atom. The van der Waals surface area contributed by atoms with Gasteiger partial charge in [0.15, 0.2) is 0 Å². The van der Waals surface area contributed by atoms with Crippen LogP contribution in [-0.4, -0.2) is 59.4 Å². The molecule has 0 aliphatic carbocycles. The van der Waals surface area contributed by atoms with Gasteiger partial charge in [-0.05, 0) is 50.8 Å². The van der Waals surface area contributed by atoms with Gasteiger partial charge in [-0.1, -0.05) is 0 Å². The minimum absolute atomic E-state index is 0.0623. The van der Waals surface area contributed by atoms with Crippen molar-refractivity contribution in [2.24, 2.45) is 5.92 Å². The van der Waals surface area contributed by atoms with Crippen LogP contribution in [0.25, 0.3) is 10.9 Å². The first-order valence-corrected chi connectivity index (χ1v) is 9.25. The Balaban J connectivity index is 1.48. The Labute approximate surface area is 153 Å². The first-order chi connectivity index (χ1) is 12.6. The van der Waals surface area contributed by atoms with E-state index in [9.17, 15) is 9.59 Å². The summed E-state index contributed by atoms with van der Waals surface area (Å²) in [7, 11) is 1.68. The second-order valence-corrected chi connectivity index (χ2v) is 6.98. The molecule has 0 saturated carbocycles. The predicted molar refractivity (Wildman–Crippen MR) is 101 cm³/mol. The molecular formula is C19H27N5O2. The van der Waals surface area contributed by atoms with Gasteiger partial charge in [-0.2, -0.15) is 0 Å². The number of aromatic nitrogens is 2. The normalized spacial score (nSPS) is 19.2. The lowest BCUT2D eigenvalue weighted by Crippen LogP contribution is -2.48. The number of fused-ring (bicyclic) bond motifs is 1. The van der Waals surface area contributed by atoms with Crippen LogP contribution in [0.2, 0.25) is 0 Å². The minimum Gasteiger partial charge on any atom is -0.358 e. The smallest absolute Gasteiger partial charge is 0.267 e. The van der Waals surface area contributed by atoms with Gasteiger partial charge in [-0.3, -0.25) is 19.5 Å². The highest BCUT2D eigenvalue weighted by atomic mass is 16.2. The van der Waals surface area contributed by atoms with Crippen LogP contribution in [0, 0.1) is 5.92 Å². The fraction of sp³-hybridized carbons (Fsp3) is 0.526. The number of rotatable bonds is 6. The molecule has 2 atom stereocenters. The number of amides is 2. The maximum Gasteiger partial charge on any atom is 0.267 e. The highest BCUT2D eigenvalue weighted by molar-refractivity contribution is 5.97. The molecule has 7 heteroatoms. The lowest BCUT2D eigenvalue weighted by Gasteiger charge is -2.36. The van der Waals surface area contributed by atoms with Crippen LogP contribution in [0.15, 0.2) is 24.5 Å². The van der Waals surface area contributed by atoms with Crippen molar-refractivity contribution in [2.75, 3.05) is 26.7 Å². The summed E-state index contributed by atoms with van der Waals surface area (Å²) in [5.74, 6) is 0.475. The molecule has 2 unspecified atom stereocenters. The van der Waals surface area contributed by atoms with Crippen molar-refractivity contribution in [3.8, 4) is 0 Å². The van der Waals surface area contributed by atoms with Crippen LogP contribution in [0.3, 0.4) is 0 Å². The van der Waals surface area contributed by atoms with Gasteiger partial charge < -0.3 is 15.6 Å². The standard InChI is InChI=1S/C19H27N5O2/c1-13(18(25)20-2)24-9-3-4-14(12-24)5-8-22-19(26)17-10-15-11-21-7-6-16(15)23-17/h6-7,10-11,13-14,23H,3-5,8-9,12H2,1-2H3,(H,20,25)(H,22,26). The molecule has 26 heavy (non-hydrogen) atoms. The van der Waals surface area contributed by atoms with Crippen LogP contribution in [0.1, 0.15) is 36.7 Å². The van der Waals surface area contributed by atoms with Gasteiger partial charge in [0, 0.05) is 43.4 Å². The lowest BCUT2D eigenvalue weighted by atomic mass is 9.93. The molecule has 3 heterocycles. The highest BCUT2D eigenvalue weighted by Crippen LogP contribution is 2.21. The number of nitrogens with one attached hydrogen (secondary N) is 3. The molecule has 2 aromatic rings. The number of pyridine rings is 1. The number of carbonyl (C=O) groups excluding carboxylic acids is 2. The topological polar surface area (TPSA) is 90.1 Å². The summed E-state index contributed by atoms with van der Waals surface area (Å²) in [5.41, 5.74) is 1.47. The van der Waals surface area contributed by atoms with Gasteiger partial charge in [0.05, 0.1) is 6.04 Å². The molecular weight excluding hydrogens is 330 g/mol. The molecule has 2 amide bonds. The number of nitrogens with zero attached hydrogens (tertiary/aromatic N) is 2. The monoisotopic (exact) mass is 357 g/mol. The van der Waals surface area contributed by atoms with E-state index in [-0.39, 0.29) is 17.9 Å². The van der Waals surface area contributed by atoms with Gasteiger partial charge in [0.1, 0.15) is 5.69 Å². The highest BCUT2D eigenvalue weighted by Gasteiger charge is 2.26. The number of hydrogen-bond donors (Lipinski definition) is 3. The quantitative estimate of drug-likeness (QED) is 0.731. The molecule has 0 spiro atoms. The summed E-state index contributed by atoms with van der Waals surface area (Å²) in [6.45, 7) is 4.45. The van der Waals surface area contributed by atoms with E-state index in [2.05, 4.69) is 25.5 Å². The summed E-state index contributed by atoms with van der Waals surface area (Å²) < 4.78 is 0. The zero-order valence-electron chi connectivity index (χ0n) is 15.4. The third-order valence-corrected chi connectivity index (χ3v) is 5.23. The van der Waals surface area contributed by atoms with Crippen molar-refractivity contribution in [3.63, 3.8) is 0 Å². The van der Waals surface area contributed by atoms with Gasteiger partial charge in [-0.15, -0.1) is 0 Å². The van der Waals surface area contributed by atoms with Crippen molar-refractivity contribution in [1.29, 1.82) is 0 Å². The van der Waals surface area contributed by atoms with E-state index >= 15 is 0 Å². The number of carbonyl (C=O) groups is 2. The molecule has 1 saturated heterocycles. The van der Waals surface area contributed by atoms with Crippen LogP contribution in [-0.2, 0) is 4.79 Å². The number of piperidine rings is 1. The van der Waals surface area contributed by atoms with Gasteiger partial charge >= 0.3 is 0 Å². The van der Waals surface area contributed by atoms with Crippen LogP contribution in [0.5, 0.6) is 0 Å². The first-order valence-electron chi connectivity index (χ1n) is 9.25. The fourth-order valence-electron chi connectivity index (χ4n) is 3.64. The van der Waals surface area contributed by atoms with Gasteiger partial charge in [0.2, 0.25) is 5.91 Å². The average Bonchev–Trinajstić information content (AvgIpc) is 3.11. The molecule has 3 rings (SSSR count). The van der Waals surface area contributed by atoms with E-state index in [0.29, 0.717) is 18.2 Å². The lowest BCUT2D eigenvalue weighted by molar-refractivity contribution is -0.126. The Morgan fingerprint density at radius 2 is 2.31 bits per heavy atom.